The Hall–Kier alpha value is -1.57. The standard InChI is InChI=1S/C21H13ClN2S4/c22-14-8-2-1-7-13(14)19(27-20-23-15-9-3-5-11-17(15)25-20)28-21-24-16-10-4-6-12-18(16)26-21/h1-12,19H. The third kappa shape index (κ3) is 3.80. The average molecular weight is 457 g/mol. The summed E-state index contributed by atoms with van der Waals surface area (Å²) < 4.78 is 4.56. The Balaban J connectivity index is 1.51. The molecule has 0 fully saturated rings. The van der Waals surface area contributed by atoms with E-state index in [9.17, 15) is 0 Å². The number of hydrogen-bond acceptors (Lipinski definition) is 6. The highest BCUT2D eigenvalue weighted by Gasteiger charge is 2.21. The molecule has 7 heteroatoms. The van der Waals surface area contributed by atoms with Gasteiger partial charge in [-0.2, -0.15) is 0 Å². The maximum Gasteiger partial charge on any atom is 0.152 e. The third-order valence-corrected chi connectivity index (χ3v) is 9.31. The predicted octanol–water partition coefficient (Wildman–Crippen LogP) is 8.14. The lowest BCUT2D eigenvalue weighted by Gasteiger charge is -2.15. The van der Waals surface area contributed by atoms with Crippen LogP contribution < -0.4 is 0 Å². The summed E-state index contributed by atoms with van der Waals surface area (Å²) in [6.45, 7) is 0. The zero-order chi connectivity index (χ0) is 18.9. The van der Waals surface area contributed by atoms with Gasteiger partial charge in [-0.1, -0.05) is 77.6 Å². The van der Waals surface area contributed by atoms with Gasteiger partial charge in [0.25, 0.3) is 0 Å². The Kier molecular flexibility index (Phi) is 5.30. The van der Waals surface area contributed by atoms with Gasteiger partial charge in [-0.25, -0.2) is 9.97 Å². The summed E-state index contributed by atoms with van der Waals surface area (Å²) in [4.78, 5) is 9.60. The highest BCUT2D eigenvalue weighted by atomic mass is 35.5. The molecule has 0 radical (unpaired) electrons. The van der Waals surface area contributed by atoms with E-state index in [4.69, 9.17) is 21.6 Å². The average Bonchev–Trinajstić information content (AvgIpc) is 3.30. The number of para-hydroxylation sites is 2. The van der Waals surface area contributed by atoms with Gasteiger partial charge in [0.1, 0.15) is 0 Å². The van der Waals surface area contributed by atoms with Crippen LogP contribution in [-0.2, 0) is 0 Å². The molecule has 0 saturated carbocycles. The fourth-order valence-corrected chi connectivity index (χ4v) is 8.51. The number of halogens is 1. The largest absolute Gasteiger partial charge is 0.230 e. The molecule has 0 spiro atoms. The van der Waals surface area contributed by atoms with Crippen LogP contribution in [-0.4, -0.2) is 9.97 Å². The molecule has 5 aromatic rings. The lowest BCUT2D eigenvalue weighted by atomic mass is 10.2. The van der Waals surface area contributed by atoms with Crippen molar-refractivity contribution < 1.29 is 0 Å². The van der Waals surface area contributed by atoms with Crippen LogP contribution in [0.1, 0.15) is 10.1 Å². The molecule has 0 aliphatic heterocycles. The minimum absolute atomic E-state index is 0.0785. The number of benzene rings is 3. The summed E-state index contributed by atoms with van der Waals surface area (Å²) in [6.07, 6.45) is 0. The minimum Gasteiger partial charge on any atom is -0.230 e. The summed E-state index contributed by atoms with van der Waals surface area (Å²) in [6, 6.07) is 24.5. The minimum atomic E-state index is 0.0785. The van der Waals surface area contributed by atoms with E-state index in [2.05, 4.69) is 42.5 Å². The topological polar surface area (TPSA) is 25.8 Å². The normalized spacial score (nSPS) is 11.6. The number of thioether (sulfide) groups is 2. The van der Waals surface area contributed by atoms with Crippen molar-refractivity contribution in [3.05, 3.63) is 83.4 Å². The van der Waals surface area contributed by atoms with E-state index in [0.29, 0.717) is 0 Å². The van der Waals surface area contributed by atoms with Crippen LogP contribution in [0.5, 0.6) is 0 Å². The van der Waals surface area contributed by atoms with E-state index in [-0.39, 0.29) is 4.58 Å². The molecule has 2 aromatic heterocycles. The molecule has 0 aliphatic carbocycles. The van der Waals surface area contributed by atoms with Gasteiger partial charge in [0, 0.05) is 5.02 Å². The maximum atomic E-state index is 6.55. The van der Waals surface area contributed by atoms with Crippen LogP contribution in [0.25, 0.3) is 20.4 Å². The summed E-state index contributed by atoms with van der Waals surface area (Å²) in [5, 5.41) is 0.773. The lowest BCUT2D eigenvalue weighted by molar-refractivity contribution is 1.26. The molecular weight excluding hydrogens is 444 g/mol. The van der Waals surface area contributed by atoms with Gasteiger partial charge in [0.15, 0.2) is 8.68 Å². The second-order valence-corrected chi connectivity index (χ2v) is 11.5. The van der Waals surface area contributed by atoms with Crippen LogP contribution in [0.2, 0.25) is 5.02 Å². The predicted molar refractivity (Wildman–Crippen MR) is 125 cm³/mol. The molecule has 0 aliphatic rings. The highest BCUT2D eigenvalue weighted by molar-refractivity contribution is 8.17. The fraction of sp³-hybridized carbons (Fsp3) is 0.0476. The number of nitrogens with zero attached hydrogens (tertiary/aromatic N) is 2. The van der Waals surface area contributed by atoms with Gasteiger partial charge in [-0.3, -0.25) is 0 Å². The van der Waals surface area contributed by atoms with Gasteiger partial charge in [0.2, 0.25) is 0 Å². The summed E-state index contributed by atoms with van der Waals surface area (Å²) >= 11 is 13.5. The maximum absolute atomic E-state index is 6.55. The molecule has 0 unspecified atom stereocenters. The van der Waals surface area contributed by atoms with E-state index >= 15 is 0 Å². The number of rotatable bonds is 5. The zero-order valence-electron chi connectivity index (χ0n) is 14.4. The van der Waals surface area contributed by atoms with Crippen LogP contribution >= 0.6 is 57.8 Å². The lowest BCUT2D eigenvalue weighted by Crippen LogP contribution is -1.91. The number of thiazole rings is 2. The second-order valence-electron chi connectivity index (χ2n) is 5.98. The molecule has 3 aromatic carbocycles. The molecule has 2 nitrogen and oxygen atoms in total. The first kappa shape index (κ1) is 18.5. The SMILES string of the molecule is Clc1ccccc1C(Sc1nc2ccccc2s1)Sc1nc2ccccc2s1. The monoisotopic (exact) mass is 456 g/mol. The van der Waals surface area contributed by atoms with E-state index in [0.717, 1.165) is 30.3 Å². The van der Waals surface area contributed by atoms with E-state index in [1.54, 1.807) is 46.2 Å². The number of fused-ring (bicyclic) bond motifs is 2. The van der Waals surface area contributed by atoms with Crippen LogP contribution in [0, 0.1) is 0 Å². The van der Waals surface area contributed by atoms with Gasteiger partial charge < -0.3 is 0 Å². The van der Waals surface area contributed by atoms with E-state index in [1.807, 2.05) is 30.3 Å². The number of hydrogen-bond donors (Lipinski definition) is 0. The van der Waals surface area contributed by atoms with Crippen molar-refractivity contribution in [1.29, 1.82) is 0 Å². The second kappa shape index (κ2) is 8.05. The first-order valence-corrected chi connectivity index (χ1v) is 12.3. The molecule has 2 heterocycles. The first-order valence-electron chi connectivity index (χ1n) is 8.55. The van der Waals surface area contributed by atoms with Crippen molar-refractivity contribution >= 4 is 78.2 Å². The highest BCUT2D eigenvalue weighted by Crippen LogP contribution is 2.51. The molecule has 28 heavy (non-hydrogen) atoms. The molecule has 5 rings (SSSR count). The van der Waals surface area contributed by atoms with Gasteiger partial charge in [-0.15, -0.1) is 22.7 Å². The van der Waals surface area contributed by atoms with E-state index in [1.165, 1.54) is 9.40 Å². The Morgan fingerprint density at radius 1 is 0.679 bits per heavy atom. The fourth-order valence-electron chi connectivity index (χ4n) is 2.80. The van der Waals surface area contributed by atoms with Crippen molar-refractivity contribution in [1.82, 2.24) is 9.97 Å². The van der Waals surface area contributed by atoms with Gasteiger partial charge in [0.05, 0.1) is 25.0 Å². The van der Waals surface area contributed by atoms with Crippen molar-refractivity contribution in [2.24, 2.45) is 0 Å². The molecule has 0 atom stereocenters. The summed E-state index contributed by atoms with van der Waals surface area (Å²) in [5.74, 6) is 0. The van der Waals surface area contributed by atoms with Gasteiger partial charge >= 0.3 is 0 Å². The molecule has 0 amide bonds. The molecule has 0 bridgehead atoms. The first-order chi connectivity index (χ1) is 13.8. The van der Waals surface area contributed by atoms with Crippen LogP contribution in [0.3, 0.4) is 0 Å². The summed E-state index contributed by atoms with van der Waals surface area (Å²) in [5.41, 5.74) is 3.17. The Morgan fingerprint density at radius 2 is 1.18 bits per heavy atom. The molecular formula is C21H13ClN2S4. The molecule has 138 valence electrons. The van der Waals surface area contributed by atoms with Crippen LogP contribution in [0.15, 0.2) is 81.5 Å². The Labute approximate surface area is 184 Å². The smallest absolute Gasteiger partial charge is 0.152 e. The number of aromatic nitrogens is 2. The molecule has 0 N–H and O–H groups in total. The van der Waals surface area contributed by atoms with Crippen molar-refractivity contribution in [3.63, 3.8) is 0 Å². The summed E-state index contributed by atoms with van der Waals surface area (Å²) in [7, 11) is 0. The van der Waals surface area contributed by atoms with Crippen molar-refractivity contribution in [2.75, 3.05) is 0 Å². The van der Waals surface area contributed by atoms with Crippen molar-refractivity contribution in [2.45, 2.75) is 13.3 Å². The third-order valence-electron chi connectivity index (χ3n) is 4.12. The molecule has 0 saturated heterocycles. The Morgan fingerprint density at radius 3 is 1.71 bits per heavy atom. The van der Waals surface area contributed by atoms with E-state index < -0.39 is 0 Å². The quantitative estimate of drug-likeness (QED) is 0.197. The van der Waals surface area contributed by atoms with Crippen LogP contribution in [0.4, 0.5) is 0 Å². The van der Waals surface area contributed by atoms with Gasteiger partial charge in [-0.05, 0) is 35.9 Å². The zero-order valence-corrected chi connectivity index (χ0v) is 18.4. The van der Waals surface area contributed by atoms with Crippen molar-refractivity contribution in [3.8, 4) is 0 Å². The Bertz CT molecular complexity index is 1120.